The summed E-state index contributed by atoms with van der Waals surface area (Å²) in [6, 6.07) is 0. The van der Waals surface area contributed by atoms with Gasteiger partial charge in [-0.3, -0.25) is 9.79 Å². The van der Waals surface area contributed by atoms with Gasteiger partial charge in [-0.2, -0.15) is 0 Å². The van der Waals surface area contributed by atoms with E-state index in [2.05, 4.69) is 45.8 Å². The van der Waals surface area contributed by atoms with Crippen molar-refractivity contribution in [2.45, 2.75) is 64.6 Å². The molecule has 0 aliphatic carbocycles. The van der Waals surface area contributed by atoms with E-state index < -0.39 is 0 Å². The maximum absolute atomic E-state index is 11.3. The minimum Gasteiger partial charge on any atom is -0.370 e. The highest BCUT2D eigenvalue weighted by Gasteiger charge is 2.23. The third kappa shape index (κ3) is 8.60. The minimum atomic E-state index is -0.214. The lowest BCUT2D eigenvalue weighted by Crippen LogP contribution is -2.47. The van der Waals surface area contributed by atoms with E-state index in [0.29, 0.717) is 18.3 Å². The summed E-state index contributed by atoms with van der Waals surface area (Å²) in [4.78, 5) is 18.4. The van der Waals surface area contributed by atoms with Crippen LogP contribution in [-0.4, -0.2) is 64.0 Å². The standard InChI is InChI=1S/C20H37N7OS.HI/c1-5-22-19(26-11-7-8-16(14-26)12-17(21)28)23-10-6-9-18-24-25-20(29-4)27(18)13-15(2)3;/h15-16H,5-14H2,1-4H3,(H2,21,28)(H,22,23);1H. The van der Waals surface area contributed by atoms with Gasteiger partial charge in [0.15, 0.2) is 11.1 Å². The van der Waals surface area contributed by atoms with Crippen molar-refractivity contribution in [1.29, 1.82) is 0 Å². The van der Waals surface area contributed by atoms with E-state index in [9.17, 15) is 4.79 Å². The van der Waals surface area contributed by atoms with Crippen molar-refractivity contribution >= 4 is 47.6 Å². The normalized spacial score (nSPS) is 17.2. The first-order valence-corrected chi connectivity index (χ1v) is 11.9. The number of aliphatic imine (C=N–C) groups is 1. The SMILES string of the molecule is CCNC(=NCCCc1nnc(SC)n1CC(C)C)N1CCCC(CC(N)=O)C1.I. The fourth-order valence-corrected chi connectivity index (χ4v) is 4.28. The van der Waals surface area contributed by atoms with Crippen molar-refractivity contribution in [3.8, 4) is 0 Å². The molecule has 0 spiro atoms. The number of hydrogen-bond donors (Lipinski definition) is 2. The molecule has 2 heterocycles. The first-order valence-electron chi connectivity index (χ1n) is 10.7. The Morgan fingerprint density at radius 2 is 2.17 bits per heavy atom. The molecule has 8 nitrogen and oxygen atoms in total. The quantitative estimate of drug-likeness (QED) is 0.153. The monoisotopic (exact) mass is 551 g/mol. The molecule has 1 atom stereocenters. The summed E-state index contributed by atoms with van der Waals surface area (Å²) in [6.45, 7) is 10.8. The lowest BCUT2D eigenvalue weighted by molar-refractivity contribution is -0.119. The zero-order valence-corrected chi connectivity index (χ0v) is 21.9. The molecule has 1 fully saturated rings. The van der Waals surface area contributed by atoms with E-state index >= 15 is 0 Å². The Labute approximate surface area is 202 Å². The van der Waals surface area contributed by atoms with Crippen molar-refractivity contribution in [3.63, 3.8) is 0 Å². The topological polar surface area (TPSA) is 101 Å². The number of piperidine rings is 1. The number of nitrogens with one attached hydrogen (secondary N) is 1. The number of halogens is 1. The van der Waals surface area contributed by atoms with Crippen LogP contribution in [0.5, 0.6) is 0 Å². The number of amides is 1. The number of rotatable bonds is 10. The van der Waals surface area contributed by atoms with E-state index in [1.807, 2.05) is 6.26 Å². The number of nitrogens with zero attached hydrogens (tertiary/aromatic N) is 5. The van der Waals surface area contributed by atoms with Crippen molar-refractivity contribution in [1.82, 2.24) is 25.0 Å². The van der Waals surface area contributed by atoms with Crippen LogP contribution in [0.15, 0.2) is 10.1 Å². The molecule has 10 heteroatoms. The summed E-state index contributed by atoms with van der Waals surface area (Å²) in [5.74, 6) is 2.65. The second kappa shape index (κ2) is 14.1. The van der Waals surface area contributed by atoms with Crippen LogP contribution in [0.3, 0.4) is 0 Å². The van der Waals surface area contributed by atoms with Gasteiger partial charge in [-0.15, -0.1) is 34.2 Å². The van der Waals surface area contributed by atoms with Crippen molar-refractivity contribution in [2.75, 3.05) is 32.4 Å². The highest BCUT2D eigenvalue weighted by molar-refractivity contribution is 14.0. The van der Waals surface area contributed by atoms with Crippen LogP contribution in [0.1, 0.15) is 52.3 Å². The number of carbonyl (C=O) groups excluding carboxylic acids is 1. The van der Waals surface area contributed by atoms with Gasteiger partial charge in [0, 0.05) is 45.6 Å². The molecule has 3 N–H and O–H groups in total. The van der Waals surface area contributed by atoms with E-state index in [-0.39, 0.29) is 29.9 Å². The molecule has 0 aromatic carbocycles. The van der Waals surface area contributed by atoms with Gasteiger partial charge in [0.05, 0.1) is 0 Å². The molecule has 172 valence electrons. The summed E-state index contributed by atoms with van der Waals surface area (Å²) < 4.78 is 2.24. The molecular formula is C20H38IN7OS. The third-order valence-electron chi connectivity index (χ3n) is 4.99. The fraction of sp³-hybridized carbons (Fsp3) is 0.800. The van der Waals surface area contributed by atoms with Crippen LogP contribution < -0.4 is 11.1 Å². The van der Waals surface area contributed by atoms with E-state index in [1.54, 1.807) is 11.8 Å². The fourth-order valence-electron chi connectivity index (χ4n) is 3.76. The average Bonchev–Trinajstić information content (AvgIpc) is 3.05. The van der Waals surface area contributed by atoms with Gasteiger partial charge in [0.2, 0.25) is 5.91 Å². The number of guanidine groups is 1. The number of thioether (sulfide) groups is 1. The van der Waals surface area contributed by atoms with Crippen LogP contribution in [0.2, 0.25) is 0 Å². The number of primary amides is 1. The Morgan fingerprint density at radius 1 is 1.40 bits per heavy atom. The molecule has 1 amide bonds. The van der Waals surface area contributed by atoms with Gasteiger partial charge in [-0.05, 0) is 44.3 Å². The molecule has 1 saturated heterocycles. The molecule has 1 unspecified atom stereocenters. The number of aryl methyl sites for hydroxylation is 1. The van der Waals surface area contributed by atoms with E-state index in [0.717, 1.165) is 75.3 Å². The summed E-state index contributed by atoms with van der Waals surface area (Å²) in [5.41, 5.74) is 5.39. The van der Waals surface area contributed by atoms with Crippen LogP contribution in [0.25, 0.3) is 0 Å². The predicted molar refractivity (Wildman–Crippen MR) is 134 cm³/mol. The summed E-state index contributed by atoms with van der Waals surface area (Å²) in [5, 5.41) is 13.1. The maximum Gasteiger partial charge on any atom is 0.217 e. The number of nitrogens with two attached hydrogens (primary N) is 1. The molecule has 0 radical (unpaired) electrons. The van der Waals surface area contributed by atoms with Gasteiger partial charge < -0.3 is 20.5 Å². The van der Waals surface area contributed by atoms with Crippen LogP contribution >= 0.6 is 35.7 Å². The molecule has 1 aromatic rings. The Kier molecular flexibility index (Phi) is 12.7. The predicted octanol–water partition coefficient (Wildman–Crippen LogP) is 2.76. The molecule has 30 heavy (non-hydrogen) atoms. The zero-order valence-electron chi connectivity index (χ0n) is 18.8. The first kappa shape index (κ1) is 27.0. The Bertz CT molecular complexity index is 680. The molecule has 0 saturated carbocycles. The minimum absolute atomic E-state index is 0. The third-order valence-corrected chi connectivity index (χ3v) is 5.65. The number of aromatic nitrogens is 3. The van der Waals surface area contributed by atoms with Crippen molar-refractivity contribution in [2.24, 2.45) is 22.6 Å². The number of carbonyl (C=O) groups is 1. The Balaban J connectivity index is 0.00000450. The molecule has 1 aromatic heterocycles. The van der Waals surface area contributed by atoms with Gasteiger partial charge in [-0.25, -0.2) is 0 Å². The van der Waals surface area contributed by atoms with E-state index in [1.165, 1.54) is 0 Å². The largest absolute Gasteiger partial charge is 0.370 e. The molecular weight excluding hydrogens is 513 g/mol. The maximum atomic E-state index is 11.3. The van der Waals surface area contributed by atoms with Crippen molar-refractivity contribution in [3.05, 3.63) is 5.82 Å². The van der Waals surface area contributed by atoms with Crippen molar-refractivity contribution < 1.29 is 4.79 Å². The number of hydrogen-bond acceptors (Lipinski definition) is 5. The molecule has 0 bridgehead atoms. The van der Waals surface area contributed by atoms with Gasteiger partial charge in [-0.1, -0.05) is 25.6 Å². The summed E-state index contributed by atoms with van der Waals surface area (Å²) >= 11 is 1.64. The summed E-state index contributed by atoms with van der Waals surface area (Å²) in [7, 11) is 0. The summed E-state index contributed by atoms with van der Waals surface area (Å²) in [6.07, 6.45) is 6.42. The van der Waals surface area contributed by atoms with Gasteiger partial charge >= 0.3 is 0 Å². The van der Waals surface area contributed by atoms with Crippen LogP contribution in [0, 0.1) is 11.8 Å². The van der Waals surface area contributed by atoms with E-state index in [4.69, 9.17) is 10.7 Å². The van der Waals surface area contributed by atoms with Crippen LogP contribution in [0.4, 0.5) is 0 Å². The van der Waals surface area contributed by atoms with Gasteiger partial charge in [0.1, 0.15) is 5.82 Å². The molecule has 1 aliphatic rings. The lowest BCUT2D eigenvalue weighted by Gasteiger charge is -2.34. The smallest absolute Gasteiger partial charge is 0.217 e. The lowest BCUT2D eigenvalue weighted by atomic mass is 9.95. The average molecular weight is 552 g/mol. The molecule has 1 aliphatic heterocycles. The second-order valence-corrected chi connectivity index (χ2v) is 8.84. The molecule has 2 rings (SSSR count). The Hall–Kier alpha value is -1.04. The second-order valence-electron chi connectivity index (χ2n) is 8.07. The van der Waals surface area contributed by atoms with Crippen LogP contribution in [-0.2, 0) is 17.8 Å². The highest BCUT2D eigenvalue weighted by Crippen LogP contribution is 2.20. The first-order chi connectivity index (χ1) is 13.9. The zero-order chi connectivity index (χ0) is 21.2. The number of likely N-dealkylation sites (tertiary alicyclic amines) is 1. The Morgan fingerprint density at radius 3 is 2.80 bits per heavy atom. The highest BCUT2D eigenvalue weighted by atomic mass is 127. The van der Waals surface area contributed by atoms with Gasteiger partial charge in [0.25, 0.3) is 0 Å².